The lowest BCUT2D eigenvalue weighted by Gasteiger charge is -2.25. The van der Waals surface area contributed by atoms with Crippen molar-refractivity contribution < 1.29 is 13.7 Å². The molecule has 22 heavy (non-hydrogen) atoms. The van der Waals surface area contributed by atoms with E-state index in [1.165, 1.54) is 12.1 Å². The Morgan fingerprint density at radius 1 is 1.27 bits per heavy atom. The smallest absolute Gasteiger partial charge is 0.278 e. The largest absolute Gasteiger partial charge is 0.365 e. The molecule has 0 radical (unpaired) electrons. The van der Waals surface area contributed by atoms with Crippen molar-refractivity contribution >= 4 is 0 Å². The molecule has 1 atom stereocenters. The second kappa shape index (κ2) is 5.03. The Hall–Kier alpha value is -2.54. The normalized spacial score (nSPS) is 17.5. The molecule has 7 heteroatoms. The van der Waals surface area contributed by atoms with E-state index in [4.69, 9.17) is 9.26 Å². The molecule has 0 spiro atoms. The minimum Gasteiger partial charge on any atom is -0.365 e. The second-order valence-corrected chi connectivity index (χ2v) is 5.19. The fourth-order valence-corrected chi connectivity index (χ4v) is 2.58. The molecule has 1 aliphatic rings. The van der Waals surface area contributed by atoms with Crippen molar-refractivity contribution in [2.45, 2.75) is 26.2 Å². The average molecular weight is 300 g/mol. The standard InChI is InChI=1S/C15H13FN4O2/c1-9-18-15(22-19-9)14-12-7-21-13(6-20(12)8-17-14)10-2-4-11(16)5-3-10/h2-5,8,13H,6-7H2,1H3/t13-/m0/s1. The highest BCUT2D eigenvalue weighted by Gasteiger charge is 2.26. The summed E-state index contributed by atoms with van der Waals surface area (Å²) in [5.74, 6) is 0.713. The lowest BCUT2D eigenvalue weighted by atomic mass is 10.1. The van der Waals surface area contributed by atoms with E-state index < -0.39 is 0 Å². The van der Waals surface area contributed by atoms with E-state index in [0.29, 0.717) is 30.6 Å². The van der Waals surface area contributed by atoms with Crippen LogP contribution in [0.5, 0.6) is 0 Å². The second-order valence-electron chi connectivity index (χ2n) is 5.19. The SMILES string of the molecule is Cc1noc(-c2ncn3c2CO[C@H](c2ccc(F)cc2)C3)n1. The van der Waals surface area contributed by atoms with Crippen molar-refractivity contribution in [2.24, 2.45) is 0 Å². The van der Waals surface area contributed by atoms with E-state index in [9.17, 15) is 4.39 Å². The van der Waals surface area contributed by atoms with Crippen LogP contribution in [0.25, 0.3) is 11.6 Å². The van der Waals surface area contributed by atoms with Gasteiger partial charge in [0.1, 0.15) is 11.9 Å². The van der Waals surface area contributed by atoms with Crippen LogP contribution >= 0.6 is 0 Å². The zero-order chi connectivity index (χ0) is 15.1. The molecule has 0 aliphatic carbocycles. The molecule has 0 N–H and O–H groups in total. The monoisotopic (exact) mass is 300 g/mol. The summed E-state index contributed by atoms with van der Waals surface area (Å²) in [5, 5.41) is 3.78. The number of halogens is 1. The number of ether oxygens (including phenoxy) is 1. The minimum atomic E-state index is -0.253. The molecule has 0 saturated carbocycles. The topological polar surface area (TPSA) is 66.0 Å². The maximum absolute atomic E-state index is 13.0. The first-order valence-corrected chi connectivity index (χ1v) is 6.92. The summed E-state index contributed by atoms with van der Waals surface area (Å²) in [6, 6.07) is 6.36. The Labute approximate surface area is 125 Å². The van der Waals surface area contributed by atoms with Gasteiger partial charge in [-0.25, -0.2) is 9.37 Å². The highest BCUT2D eigenvalue weighted by atomic mass is 19.1. The molecule has 1 aromatic carbocycles. The first kappa shape index (κ1) is 13.1. The van der Waals surface area contributed by atoms with Gasteiger partial charge in [-0.2, -0.15) is 4.98 Å². The van der Waals surface area contributed by atoms with Crippen LogP contribution in [0.2, 0.25) is 0 Å². The number of rotatable bonds is 2. The van der Waals surface area contributed by atoms with Gasteiger partial charge in [-0.3, -0.25) is 0 Å². The molecule has 3 aromatic rings. The average Bonchev–Trinajstić information content (AvgIpc) is 3.13. The number of nitrogens with zero attached hydrogens (tertiary/aromatic N) is 4. The Morgan fingerprint density at radius 3 is 2.82 bits per heavy atom. The van der Waals surface area contributed by atoms with Crippen molar-refractivity contribution in [1.82, 2.24) is 19.7 Å². The Morgan fingerprint density at radius 2 is 2.09 bits per heavy atom. The minimum absolute atomic E-state index is 0.125. The summed E-state index contributed by atoms with van der Waals surface area (Å²) in [5.41, 5.74) is 2.50. The van der Waals surface area contributed by atoms with Crippen LogP contribution in [0, 0.1) is 12.7 Å². The molecule has 2 aromatic heterocycles. The first-order chi connectivity index (χ1) is 10.7. The van der Waals surface area contributed by atoms with E-state index in [-0.39, 0.29) is 11.9 Å². The predicted octanol–water partition coefficient (Wildman–Crippen LogP) is 2.65. The van der Waals surface area contributed by atoms with Gasteiger partial charge in [0.05, 0.1) is 25.2 Å². The first-order valence-electron chi connectivity index (χ1n) is 6.92. The summed E-state index contributed by atoms with van der Waals surface area (Å²) >= 11 is 0. The molecule has 0 saturated heterocycles. The van der Waals surface area contributed by atoms with Crippen molar-refractivity contribution in [3.05, 3.63) is 53.5 Å². The van der Waals surface area contributed by atoms with Gasteiger partial charge in [-0.05, 0) is 24.6 Å². The maximum Gasteiger partial charge on any atom is 0.278 e. The van der Waals surface area contributed by atoms with Gasteiger partial charge < -0.3 is 13.8 Å². The Kier molecular flexibility index (Phi) is 3.00. The van der Waals surface area contributed by atoms with Gasteiger partial charge in [-0.1, -0.05) is 17.3 Å². The van der Waals surface area contributed by atoms with Crippen LogP contribution in [0.15, 0.2) is 35.1 Å². The number of aromatic nitrogens is 4. The molecule has 6 nitrogen and oxygen atoms in total. The number of benzene rings is 1. The van der Waals surface area contributed by atoms with Gasteiger partial charge in [0.25, 0.3) is 5.89 Å². The number of aryl methyl sites for hydroxylation is 1. The van der Waals surface area contributed by atoms with Crippen LogP contribution in [-0.2, 0) is 17.9 Å². The highest BCUT2D eigenvalue weighted by molar-refractivity contribution is 5.50. The molecular formula is C15H13FN4O2. The van der Waals surface area contributed by atoms with Gasteiger partial charge >= 0.3 is 0 Å². The third kappa shape index (κ3) is 2.19. The molecule has 1 aliphatic heterocycles. The van der Waals surface area contributed by atoms with Crippen molar-refractivity contribution in [3.8, 4) is 11.6 Å². The zero-order valence-electron chi connectivity index (χ0n) is 11.9. The van der Waals surface area contributed by atoms with Crippen LogP contribution in [0.3, 0.4) is 0 Å². The third-order valence-corrected chi connectivity index (χ3v) is 3.70. The lowest BCUT2D eigenvalue weighted by Crippen LogP contribution is -2.20. The van der Waals surface area contributed by atoms with E-state index in [0.717, 1.165) is 11.3 Å². The molecular weight excluding hydrogens is 287 g/mol. The fourth-order valence-electron chi connectivity index (χ4n) is 2.58. The van der Waals surface area contributed by atoms with E-state index in [1.807, 2.05) is 4.57 Å². The number of hydrogen-bond acceptors (Lipinski definition) is 5. The van der Waals surface area contributed by atoms with E-state index in [1.54, 1.807) is 25.4 Å². The van der Waals surface area contributed by atoms with Gasteiger partial charge in [-0.15, -0.1) is 0 Å². The predicted molar refractivity (Wildman–Crippen MR) is 74.2 cm³/mol. The molecule has 0 unspecified atom stereocenters. The van der Waals surface area contributed by atoms with Crippen LogP contribution in [-0.4, -0.2) is 19.7 Å². The number of imidazole rings is 1. The molecule has 3 heterocycles. The molecule has 0 fully saturated rings. The van der Waals surface area contributed by atoms with Crippen LogP contribution < -0.4 is 0 Å². The van der Waals surface area contributed by atoms with Crippen LogP contribution in [0.4, 0.5) is 4.39 Å². The highest BCUT2D eigenvalue weighted by Crippen LogP contribution is 2.31. The van der Waals surface area contributed by atoms with Gasteiger partial charge in [0.15, 0.2) is 11.5 Å². The summed E-state index contributed by atoms with van der Waals surface area (Å²) < 4.78 is 26.1. The van der Waals surface area contributed by atoms with Gasteiger partial charge in [0.2, 0.25) is 0 Å². The fraction of sp³-hybridized carbons (Fsp3) is 0.267. The number of hydrogen-bond donors (Lipinski definition) is 0. The van der Waals surface area contributed by atoms with Crippen molar-refractivity contribution in [1.29, 1.82) is 0 Å². The Bertz CT molecular complexity index is 809. The van der Waals surface area contributed by atoms with Crippen LogP contribution in [0.1, 0.15) is 23.2 Å². The maximum atomic E-state index is 13.0. The molecule has 112 valence electrons. The van der Waals surface area contributed by atoms with E-state index >= 15 is 0 Å². The van der Waals surface area contributed by atoms with Crippen molar-refractivity contribution in [2.75, 3.05) is 0 Å². The lowest BCUT2D eigenvalue weighted by molar-refractivity contribution is 0.00327. The molecule has 0 bridgehead atoms. The zero-order valence-corrected chi connectivity index (χ0v) is 11.9. The third-order valence-electron chi connectivity index (χ3n) is 3.70. The van der Waals surface area contributed by atoms with E-state index in [2.05, 4.69) is 15.1 Å². The quantitative estimate of drug-likeness (QED) is 0.728. The summed E-state index contributed by atoms with van der Waals surface area (Å²) in [6.45, 7) is 2.76. The Balaban J connectivity index is 1.62. The number of fused-ring (bicyclic) bond motifs is 1. The van der Waals surface area contributed by atoms with Gasteiger partial charge in [0, 0.05) is 0 Å². The summed E-state index contributed by atoms with van der Waals surface area (Å²) in [4.78, 5) is 8.55. The molecule has 4 rings (SSSR count). The summed E-state index contributed by atoms with van der Waals surface area (Å²) in [6.07, 6.45) is 1.61. The molecule has 0 amide bonds. The summed E-state index contributed by atoms with van der Waals surface area (Å²) in [7, 11) is 0. The van der Waals surface area contributed by atoms with Crippen molar-refractivity contribution in [3.63, 3.8) is 0 Å².